The predicted molar refractivity (Wildman–Crippen MR) is 114 cm³/mol. The van der Waals surface area contributed by atoms with E-state index in [-0.39, 0.29) is 17.8 Å². The van der Waals surface area contributed by atoms with Gasteiger partial charge in [0.1, 0.15) is 11.9 Å². The molecule has 1 atom stereocenters. The standard InChI is InChI=1S/C24H26FN3O/c1-18(20-10-6-8-19-7-2-3-9-21(19)20)26-17-24(29)28-15-13-27(14-16-28)23-12-5-4-11-22(23)25/h2-12,18,26H,13-17H2,1H3/p+1/t18-/m1/s1. The molecule has 3 aromatic carbocycles. The summed E-state index contributed by atoms with van der Waals surface area (Å²) < 4.78 is 14.0. The van der Waals surface area contributed by atoms with Gasteiger partial charge in [-0.1, -0.05) is 54.6 Å². The number of hydrogen-bond acceptors (Lipinski definition) is 2. The van der Waals surface area contributed by atoms with Crippen molar-refractivity contribution in [1.82, 2.24) is 4.90 Å². The Balaban J connectivity index is 1.33. The molecule has 0 bridgehead atoms. The summed E-state index contributed by atoms with van der Waals surface area (Å²) in [7, 11) is 0. The van der Waals surface area contributed by atoms with Crippen LogP contribution in [-0.2, 0) is 4.79 Å². The third-order valence-corrected chi connectivity index (χ3v) is 5.79. The number of anilines is 1. The van der Waals surface area contributed by atoms with Gasteiger partial charge >= 0.3 is 0 Å². The van der Waals surface area contributed by atoms with Crippen LogP contribution in [0.1, 0.15) is 18.5 Å². The summed E-state index contributed by atoms with van der Waals surface area (Å²) in [5.41, 5.74) is 1.87. The number of halogens is 1. The summed E-state index contributed by atoms with van der Waals surface area (Å²) in [5.74, 6) is -0.0604. The number of para-hydroxylation sites is 1. The molecule has 1 aliphatic rings. The van der Waals surface area contributed by atoms with Gasteiger partial charge in [-0.15, -0.1) is 0 Å². The molecule has 0 spiro atoms. The fourth-order valence-electron chi connectivity index (χ4n) is 4.09. The van der Waals surface area contributed by atoms with Gasteiger partial charge < -0.3 is 15.1 Å². The number of nitrogens with two attached hydrogens (primary N) is 1. The number of rotatable bonds is 5. The summed E-state index contributed by atoms with van der Waals surface area (Å²) in [6, 6.07) is 21.7. The zero-order valence-corrected chi connectivity index (χ0v) is 16.7. The van der Waals surface area contributed by atoms with Crippen LogP contribution in [0.25, 0.3) is 10.8 Å². The summed E-state index contributed by atoms with van der Waals surface area (Å²) >= 11 is 0. The van der Waals surface area contributed by atoms with Crippen molar-refractivity contribution in [3.8, 4) is 0 Å². The highest BCUT2D eigenvalue weighted by Gasteiger charge is 2.24. The third-order valence-electron chi connectivity index (χ3n) is 5.79. The molecule has 4 nitrogen and oxygen atoms in total. The van der Waals surface area contributed by atoms with Gasteiger partial charge in [-0.2, -0.15) is 0 Å². The number of carbonyl (C=O) groups is 1. The number of hydrogen-bond donors (Lipinski definition) is 1. The topological polar surface area (TPSA) is 40.2 Å². The third kappa shape index (κ3) is 4.25. The molecule has 0 aliphatic carbocycles. The van der Waals surface area contributed by atoms with Gasteiger partial charge in [0, 0.05) is 31.7 Å². The van der Waals surface area contributed by atoms with E-state index in [9.17, 15) is 9.18 Å². The van der Waals surface area contributed by atoms with Crippen LogP contribution in [0.4, 0.5) is 10.1 Å². The average Bonchev–Trinajstić information content (AvgIpc) is 2.77. The molecule has 1 aliphatic heterocycles. The van der Waals surface area contributed by atoms with Gasteiger partial charge in [0.2, 0.25) is 0 Å². The number of piperazine rings is 1. The van der Waals surface area contributed by atoms with Crippen molar-refractivity contribution in [2.45, 2.75) is 13.0 Å². The number of amides is 1. The normalized spacial score (nSPS) is 15.5. The molecule has 1 amide bonds. The summed E-state index contributed by atoms with van der Waals surface area (Å²) in [6.07, 6.45) is 0. The van der Waals surface area contributed by atoms with E-state index in [1.807, 2.05) is 21.9 Å². The Labute approximate surface area is 170 Å². The molecular formula is C24H27FN3O+. The van der Waals surface area contributed by atoms with Crippen LogP contribution < -0.4 is 10.2 Å². The lowest BCUT2D eigenvalue weighted by atomic mass is 10.00. The molecule has 29 heavy (non-hydrogen) atoms. The van der Waals surface area contributed by atoms with E-state index in [1.54, 1.807) is 12.1 Å². The Morgan fingerprint density at radius 1 is 0.966 bits per heavy atom. The van der Waals surface area contributed by atoms with Crippen molar-refractivity contribution in [3.63, 3.8) is 0 Å². The molecule has 3 aromatic rings. The van der Waals surface area contributed by atoms with Crippen LogP contribution in [0.2, 0.25) is 0 Å². The van der Waals surface area contributed by atoms with E-state index in [0.717, 1.165) is 0 Å². The van der Waals surface area contributed by atoms with Crippen LogP contribution >= 0.6 is 0 Å². The van der Waals surface area contributed by atoms with Gasteiger partial charge in [0.05, 0.1) is 5.69 Å². The van der Waals surface area contributed by atoms with Crippen LogP contribution in [0, 0.1) is 5.82 Å². The fraction of sp³-hybridized carbons (Fsp3) is 0.292. The quantitative estimate of drug-likeness (QED) is 0.725. The molecular weight excluding hydrogens is 365 g/mol. The molecule has 1 fully saturated rings. The van der Waals surface area contributed by atoms with Crippen molar-refractivity contribution in [3.05, 3.63) is 78.1 Å². The first kappa shape index (κ1) is 19.4. The zero-order chi connectivity index (χ0) is 20.2. The Morgan fingerprint density at radius 3 is 2.45 bits per heavy atom. The largest absolute Gasteiger partial charge is 0.366 e. The maximum absolute atomic E-state index is 14.0. The molecule has 5 heteroatoms. The van der Waals surface area contributed by atoms with Gasteiger partial charge in [-0.3, -0.25) is 4.79 Å². The number of nitrogens with zero attached hydrogens (tertiary/aromatic N) is 2. The number of benzene rings is 3. The van der Waals surface area contributed by atoms with E-state index in [0.29, 0.717) is 38.4 Å². The molecule has 0 unspecified atom stereocenters. The molecule has 150 valence electrons. The minimum Gasteiger partial charge on any atom is -0.366 e. The Kier molecular flexibility index (Phi) is 5.76. The monoisotopic (exact) mass is 392 g/mol. The van der Waals surface area contributed by atoms with Crippen LogP contribution in [0.3, 0.4) is 0 Å². The first-order valence-corrected chi connectivity index (χ1v) is 10.2. The molecule has 1 heterocycles. The van der Waals surface area contributed by atoms with Gasteiger partial charge in [-0.25, -0.2) is 4.39 Å². The van der Waals surface area contributed by atoms with E-state index < -0.39 is 0 Å². The fourth-order valence-corrected chi connectivity index (χ4v) is 4.09. The number of quaternary nitrogens is 1. The van der Waals surface area contributed by atoms with Crippen molar-refractivity contribution in [2.75, 3.05) is 37.6 Å². The van der Waals surface area contributed by atoms with E-state index in [1.165, 1.54) is 22.4 Å². The number of carbonyl (C=O) groups excluding carboxylic acids is 1. The highest BCUT2D eigenvalue weighted by molar-refractivity contribution is 5.86. The maximum atomic E-state index is 14.0. The van der Waals surface area contributed by atoms with E-state index in [2.05, 4.69) is 48.6 Å². The second-order valence-electron chi connectivity index (χ2n) is 7.62. The van der Waals surface area contributed by atoms with E-state index >= 15 is 0 Å². The van der Waals surface area contributed by atoms with Crippen LogP contribution in [-0.4, -0.2) is 43.5 Å². The molecule has 0 radical (unpaired) electrons. The lowest BCUT2D eigenvalue weighted by Crippen LogP contribution is -2.87. The van der Waals surface area contributed by atoms with Gasteiger partial charge in [-0.05, 0) is 29.8 Å². The van der Waals surface area contributed by atoms with Crippen molar-refractivity contribution in [1.29, 1.82) is 0 Å². The number of fused-ring (bicyclic) bond motifs is 1. The zero-order valence-electron chi connectivity index (χ0n) is 16.7. The average molecular weight is 392 g/mol. The molecule has 0 saturated carbocycles. The lowest BCUT2D eigenvalue weighted by Gasteiger charge is -2.36. The first-order chi connectivity index (χ1) is 14.1. The van der Waals surface area contributed by atoms with E-state index in [4.69, 9.17) is 0 Å². The second kappa shape index (κ2) is 8.62. The van der Waals surface area contributed by atoms with Crippen molar-refractivity contribution < 1.29 is 14.5 Å². The summed E-state index contributed by atoms with van der Waals surface area (Å²) in [5, 5.41) is 4.57. The first-order valence-electron chi connectivity index (χ1n) is 10.2. The second-order valence-corrected chi connectivity index (χ2v) is 7.62. The van der Waals surface area contributed by atoms with Crippen molar-refractivity contribution in [2.24, 2.45) is 0 Å². The van der Waals surface area contributed by atoms with Crippen molar-refractivity contribution >= 4 is 22.4 Å². The highest BCUT2D eigenvalue weighted by atomic mass is 19.1. The minimum absolute atomic E-state index is 0.144. The maximum Gasteiger partial charge on any atom is 0.277 e. The SMILES string of the molecule is C[C@@H]([NH2+]CC(=O)N1CCN(c2ccccc2F)CC1)c1cccc2ccccc12. The summed E-state index contributed by atoms with van der Waals surface area (Å²) in [4.78, 5) is 16.6. The molecule has 4 rings (SSSR count). The molecule has 1 saturated heterocycles. The van der Waals surface area contributed by atoms with Crippen LogP contribution in [0.15, 0.2) is 66.7 Å². The highest BCUT2D eigenvalue weighted by Crippen LogP contribution is 2.22. The smallest absolute Gasteiger partial charge is 0.277 e. The Hall–Kier alpha value is -2.92. The van der Waals surface area contributed by atoms with Crippen LogP contribution in [0.5, 0.6) is 0 Å². The van der Waals surface area contributed by atoms with Gasteiger partial charge in [0.15, 0.2) is 6.54 Å². The molecule has 2 N–H and O–H groups in total. The summed E-state index contributed by atoms with van der Waals surface area (Å²) in [6.45, 7) is 5.14. The Bertz CT molecular complexity index is 993. The predicted octanol–water partition coefficient (Wildman–Crippen LogP) is 2.95. The minimum atomic E-state index is -0.204. The molecule has 0 aromatic heterocycles. The lowest BCUT2D eigenvalue weighted by molar-refractivity contribution is -0.682. The van der Waals surface area contributed by atoms with Gasteiger partial charge in [0.25, 0.3) is 5.91 Å². The Morgan fingerprint density at radius 2 is 1.66 bits per heavy atom.